The Labute approximate surface area is 128 Å². The Kier molecular flexibility index (Phi) is 4.27. The monoisotopic (exact) mass is 466 g/mol. The van der Waals surface area contributed by atoms with Gasteiger partial charge in [-0.2, -0.15) is 0 Å². The molecule has 0 saturated carbocycles. The molecule has 0 aliphatic heterocycles. The van der Waals surface area contributed by atoms with Gasteiger partial charge in [0.05, 0.1) is 0 Å². The minimum atomic E-state index is 1.05. The van der Waals surface area contributed by atoms with E-state index >= 15 is 0 Å². The van der Waals surface area contributed by atoms with Crippen LogP contribution in [0.5, 0.6) is 0 Å². The van der Waals surface area contributed by atoms with Gasteiger partial charge in [-0.3, -0.25) is 0 Å². The number of halogens is 4. The van der Waals surface area contributed by atoms with E-state index in [1.54, 1.807) is 0 Å². The molecule has 0 aromatic heterocycles. The van der Waals surface area contributed by atoms with Crippen LogP contribution in [0.15, 0.2) is 54.3 Å². The van der Waals surface area contributed by atoms with Gasteiger partial charge in [0.2, 0.25) is 0 Å². The molecule has 0 spiro atoms. The highest BCUT2D eigenvalue weighted by Gasteiger charge is 2.10. The lowest BCUT2D eigenvalue weighted by atomic mass is 10.1. The fourth-order valence-electron chi connectivity index (χ4n) is 1.44. The number of benzene rings is 2. The van der Waals surface area contributed by atoms with Gasteiger partial charge < -0.3 is 0 Å². The second kappa shape index (κ2) is 5.34. The maximum absolute atomic E-state index is 3.60. The van der Waals surface area contributed by atoms with Crippen LogP contribution in [0, 0.1) is 0 Å². The molecule has 2 aromatic rings. The zero-order valence-electron chi connectivity index (χ0n) is 7.98. The van der Waals surface area contributed by atoms with Crippen molar-refractivity contribution < 1.29 is 0 Å². The largest absolute Gasteiger partial charge is 0.0605 e. The normalized spacial score (nSPS) is 10.5. The molecule has 2 rings (SSSR count). The molecule has 0 radical (unpaired) electrons. The van der Waals surface area contributed by atoms with Crippen LogP contribution >= 0.6 is 63.7 Å². The van der Waals surface area contributed by atoms with E-state index in [0.29, 0.717) is 0 Å². The maximum atomic E-state index is 3.60. The molecule has 0 amide bonds. The number of hydrogen-bond acceptors (Lipinski definition) is 0. The van der Waals surface area contributed by atoms with Crippen molar-refractivity contribution in [1.82, 2.24) is 0 Å². The van der Waals surface area contributed by atoms with E-state index < -0.39 is 0 Å². The van der Waals surface area contributed by atoms with Gasteiger partial charge in [0.15, 0.2) is 0 Å². The van der Waals surface area contributed by atoms with E-state index in [9.17, 15) is 0 Å². The van der Waals surface area contributed by atoms with Crippen LogP contribution < -0.4 is 0 Å². The molecule has 0 aliphatic carbocycles. The molecule has 16 heavy (non-hydrogen) atoms. The number of rotatable bonds is 1. The predicted molar refractivity (Wildman–Crippen MR) is 82.7 cm³/mol. The van der Waals surface area contributed by atoms with Crippen molar-refractivity contribution in [2.45, 2.75) is 0 Å². The molecular weight excluding hydrogens is 464 g/mol. The third kappa shape index (κ3) is 2.61. The van der Waals surface area contributed by atoms with Crippen molar-refractivity contribution in [3.05, 3.63) is 54.3 Å². The van der Waals surface area contributed by atoms with Gasteiger partial charge in [-0.15, -0.1) is 0 Å². The van der Waals surface area contributed by atoms with Crippen molar-refractivity contribution in [1.29, 1.82) is 0 Å². The molecule has 0 unspecified atom stereocenters. The first-order valence-corrected chi connectivity index (χ1v) is 7.66. The van der Waals surface area contributed by atoms with Crippen molar-refractivity contribution in [3.8, 4) is 11.1 Å². The molecule has 0 saturated heterocycles. The Hall–Kier alpha value is 0.360. The van der Waals surface area contributed by atoms with E-state index in [2.05, 4.69) is 75.9 Å². The molecule has 0 aliphatic rings. The molecule has 2 aromatic carbocycles. The standard InChI is InChI=1S/C12H6Br4/c13-8-3-1-2-7(6-8)11-9(14)4-5-10(15)12(11)16/h1-6H. The summed E-state index contributed by atoms with van der Waals surface area (Å²) in [6, 6.07) is 12.3. The topological polar surface area (TPSA) is 0 Å². The number of hydrogen-bond donors (Lipinski definition) is 0. The average Bonchev–Trinajstić information content (AvgIpc) is 2.24. The Morgan fingerprint density at radius 3 is 2.12 bits per heavy atom. The van der Waals surface area contributed by atoms with Crippen LogP contribution in [-0.4, -0.2) is 0 Å². The van der Waals surface area contributed by atoms with Crippen LogP contribution in [0.1, 0.15) is 0 Å². The van der Waals surface area contributed by atoms with E-state index in [1.807, 2.05) is 24.3 Å². The van der Waals surface area contributed by atoms with Crippen molar-refractivity contribution >= 4 is 63.7 Å². The highest BCUT2D eigenvalue weighted by Crippen LogP contribution is 2.40. The fourth-order valence-corrected chi connectivity index (χ4v) is 3.57. The van der Waals surface area contributed by atoms with Gasteiger partial charge in [0, 0.05) is 23.5 Å². The molecule has 0 fully saturated rings. The van der Waals surface area contributed by atoms with E-state index in [1.165, 1.54) is 0 Å². The summed E-state index contributed by atoms with van der Waals surface area (Å²) in [5.74, 6) is 0. The molecular formula is C12H6Br4. The Balaban J connectivity index is 2.68. The zero-order valence-corrected chi connectivity index (χ0v) is 14.3. The lowest BCUT2D eigenvalue weighted by molar-refractivity contribution is 1.51. The smallest absolute Gasteiger partial charge is 0.0407 e. The molecule has 4 heteroatoms. The van der Waals surface area contributed by atoms with Crippen LogP contribution in [0.2, 0.25) is 0 Å². The first-order valence-electron chi connectivity index (χ1n) is 4.49. The van der Waals surface area contributed by atoms with Crippen LogP contribution in [-0.2, 0) is 0 Å². The Morgan fingerprint density at radius 2 is 1.44 bits per heavy atom. The van der Waals surface area contributed by atoms with E-state index in [0.717, 1.165) is 29.0 Å². The minimum Gasteiger partial charge on any atom is -0.0605 e. The lowest BCUT2D eigenvalue weighted by Crippen LogP contribution is -1.83. The SMILES string of the molecule is Brc1cccc(-c2c(Br)ccc(Br)c2Br)c1. The van der Waals surface area contributed by atoms with Gasteiger partial charge in [-0.05, 0) is 61.7 Å². The highest BCUT2D eigenvalue weighted by molar-refractivity contribution is 9.13. The van der Waals surface area contributed by atoms with Gasteiger partial charge in [-0.25, -0.2) is 0 Å². The Bertz CT molecular complexity index is 535. The van der Waals surface area contributed by atoms with Gasteiger partial charge in [0.25, 0.3) is 0 Å². The van der Waals surface area contributed by atoms with Crippen molar-refractivity contribution in [3.63, 3.8) is 0 Å². The first kappa shape index (κ1) is 12.8. The van der Waals surface area contributed by atoms with Crippen LogP contribution in [0.25, 0.3) is 11.1 Å². The Morgan fingerprint density at radius 1 is 0.750 bits per heavy atom. The summed E-state index contributed by atoms with van der Waals surface area (Å²) in [5.41, 5.74) is 2.31. The third-order valence-electron chi connectivity index (χ3n) is 2.16. The third-order valence-corrected chi connectivity index (χ3v) is 5.33. The van der Waals surface area contributed by atoms with Gasteiger partial charge in [0.1, 0.15) is 0 Å². The van der Waals surface area contributed by atoms with Gasteiger partial charge in [-0.1, -0.05) is 44.0 Å². The summed E-state index contributed by atoms with van der Waals surface area (Å²) in [6.45, 7) is 0. The second-order valence-corrected chi connectivity index (χ2v) is 6.65. The second-order valence-electron chi connectivity index (χ2n) is 3.23. The predicted octanol–water partition coefficient (Wildman–Crippen LogP) is 6.40. The summed E-state index contributed by atoms with van der Waals surface area (Å²) < 4.78 is 4.25. The molecule has 0 bridgehead atoms. The molecule has 0 nitrogen and oxygen atoms in total. The minimum absolute atomic E-state index is 1.05. The van der Waals surface area contributed by atoms with Crippen LogP contribution in [0.3, 0.4) is 0 Å². The van der Waals surface area contributed by atoms with E-state index in [-0.39, 0.29) is 0 Å². The van der Waals surface area contributed by atoms with Crippen molar-refractivity contribution in [2.24, 2.45) is 0 Å². The van der Waals surface area contributed by atoms with Crippen LogP contribution in [0.4, 0.5) is 0 Å². The maximum Gasteiger partial charge on any atom is 0.0407 e. The summed E-state index contributed by atoms with van der Waals surface area (Å²) >= 11 is 14.2. The first-order chi connectivity index (χ1) is 7.59. The summed E-state index contributed by atoms with van der Waals surface area (Å²) in [6.07, 6.45) is 0. The average molecular weight is 470 g/mol. The molecule has 0 heterocycles. The van der Waals surface area contributed by atoms with Gasteiger partial charge >= 0.3 is 0 Å². The quantitative estimate of drug-likeness (QED) is 0.424. The molecule has 0 atom stereocenters. The summed E-state index contributed by atoms with van der Waals surface area (Å²) in [4.78, 5) is 0. The summed E-state index contributed by atoms with van der Waals surface area (Å²) in [7, 11) is 0. The lowest BCUT2D eigenvalue weighted by Gasteiger charge is -2.09. The molecule has 0 N–H and O–H groups in total. The fraction of sp³-hybridized carbons (Fsp3) is 0. The zero-order chi connectivity index (χ0) is 11.7. The van der Waals surface area contributed by atoms with Crippen molar-refractivity contribution in [2.75, 3.05) is 0 Å². The summed E-state index contributed by atoms with van der Waals surface area (Å²) in [5, 5.41) is 0. The highest BCUT2D eigenvalue weighted by atomic mass is 79.9. The van der Waals surface area contributed by atoms with E-state index in [4.69, 9.17) is 0 Å². The molecule has 82 valence electrons.